The van der Waals surface area contributed by atoms with Crippen molar-refractivity contribution in [2.75, 3.05) is 0 Å². The summed E-state index contributed by atoms with van der Waals surface area (Å²) in [6, 6.07) is 1.74. The van der Waals surface area contributed by atoms with E-state index >= 15 is 0 Å². The van der Waals surface area contributed by atoms with Gasteiger partial charge in [-0.3, -0.25) is 0 Å². The molecule has 3 heteroatoms. The molecular formula is C15H25ClN2. The zero-order valence-electron chi connectivity index (χ0n) is 11.9. The van der Waals surface area contributed by atoms with Gasteiger partial charge in [0, 0.05) is 11.6 Å². The van der Waals surface area contributed by atoms with E-state index in [1.807, 2.05) is 0 Å². The Morgan fingerprint density at radius 3 is 2.50 bits per heavy atom. The third-order valence-electron chi connectivity index (χ3n) is 3.77. The predicted octanol–water partition coefficient (Wildman–Crippen LogP) is 5.16. The van der Waals surface area contributed by atoms with Crippen LogP contribution in [0.3, 0.4) is 0 Å². The van der Waals surface area contributed by atoms with Crippen molar-refractivity contribution in [3.8, 4) is 0 Å². The number of hydrogen-bond donors (Lipinski definition) is 0. The highest BCUT2D eigenvalue weighted by Gasteiger charge is 2.27. The lowest BCUT2D eigenvalue weighted by Gasteiger charge is -2.26. The van der Waals surface area contributed by atoms with Gasteiger partial charge in [-0.15, -0.1) is 0 Å². The van der Waals surface area contributed by atoms with Crippen LogP contribution in [0.5, 0.6) is 0 Å². The van der Waals surface area contributed by atoms with E-state index in [0.717, 1.165) is 18.7 Å². The highest BCUT2D eigenvalue weighted by atomic mass is 35.5. The summed E-state index contributed by atoms with van der Waals surface area (Å²) in [5, 5.41) is 0.547. The van der Waals surface area contributed by atoms with Crippen LogP contribution in [0, 0.1) is 0 Å². The molecule has 0 saturated carbocycles. The van der Waals surface area contributed by atoms with Crippen molar-refractivity contribution in [2.24, 2.45) is 0 Å². The Morgan fingerprint density at radius 2 is 1.89 bits per heavy atom. The van der Waals surface area contributed by atoms with Gasteiger partial charge in [0.2, 0.25) is 0 Å². The normalized spacial score (nSPS) is 14.4. The number of rotatable bonds is 8. The topological polar surface area (TPSA) is 25.8 Å². The van der Waals surface area contributed by atoms with E-state index < -0.39 is 0 Å². The summed E-state index contributed by atoms with van der Waals surface area (Å²) in [5.41, 5.74) is 0.0666. The minimum absolute atomic E-state index is 0.0666. The van der Waals surface area contributed by atoms with Crippen molar-refractivity contribution in [1.29, 1.82) is 0 Å². The van der Waals surface area contributed by atoms with Gasteiger partial charge in [0.15, 0.2) is 0 Å². The van der Waals surface area contributed by atoms with Crippen LogP contribution in [0.4, 0.5) is 0 Å². The fourth-order valence-electron chi connectivity index (χ4n) is 2.19. The van der Waals surface area contributed by atoms with Gasteiger partial charge in [0.05, 0.1) is 0 Å². The largest absolute Gasteiger partial charge is 0.241 e. The van der Waals surface area contributed by atoms with Gasteiger partial charge in [0.1, 0.15) is 11.0 Å². The van der Waals surface area contributed by atoms with Crippen LogP contribution in [0.15, 0.2) is 12.3 Å². The smallest absolute Gasteiger partial charge is 0.135 e. The Kier molecular flexibility index (Phi) is 6.62. The lowest BCUT2D eigenvalue weighted by molar-refractivity contribution is 0.373. The molecule has 0 aliphatic rings. The van der Waals surface area contributed by atoms with E-state index in [9.17, 15) is 0 Å². The Bertz CT molecular complexity index is 354. The average Bonchev–Trinajstić information content (AvgIpc) is 2.38. The number of aromatic nitrogens is 2. The van der Waals surface area contributed by atoms with Crippen LogP contribution in [0.2, 0.25) is 5.15 Å². The molecule has 2 nitrogen and oxygen atoms in total. The molecule has 1 aromatic heterocycles. The van der Waals surface area contributed by atoms with Gasteiger partial charge in [0.25, 0.3) is 0 Å². The van der Waals surface area contributed by atoms with Gasteiger partial charge in [-0.1, -0.05) is 64.5 Å². The maximum Gasteiger partial charge on any atom is 0.135 e. The fraction of sp³-hybridized carbons (Fsp3) is 0.733. The number of halogens is 1. The highest BCUT2D eigenvalue weighted by Crippen LogP contribution is 2.31. The lowest BCUT2D eigenvalue weighted by Crippen LogP contribution is -2.24. The fourth-order valence-corrected chi connectivity index (χ4v) is 2.33. The minimum atomic E-state index is 0.0666. The molecule has 0 aromatic carbocycles. The summed E-state index contributed by atoms with van der Waals surface area (Å²) in [5.74, 6) is 0.896. The maximum atomic E-state index is 5.96. The summed E-state index contributed by atoms with van der Waals surface area (Å²) < 4.78 is 0. The zero-order chi connectivity index (χ0) is 13.4. The van der Waals surface area contributed by atoms with Crippen molar-refractivity contribution >= 4 is 11.6 Å². The van der Waals surface area contributed by atoms with Crippen molar-refractivity contribution in [1.82, 2.24) is 9.97 Å². The van der Waals surface area contributed by atoms with Crippen LogP contribution in [0.1, 0.15) is 71.5 Å². The molecule has 1 rings (SSSR count). The van der Waals surface area contributed by atoms with Crippen molar-refractivity contribution in [3.05, 3.63) is 23.2 Å². The summed E-state index contributed by atoms with van der Waals surface area (Å²) in [7, 11) is 0. The molecular weight excluding hydrogens is 244 g/mol. The Hall–Kier alpha value is -0.630. The van der Waals surface area contributed by atoms with Crippen LogP contribution in [-0.4, -0.2) is 9.97 Å². The van der Waals surface area contributed by atoms with Gasteiger partial charge in [-0.05, 0) is 18.9 Å². The SMILES string of the molecule is CCCCCCCC(C)(CC)c1nccc(Cl)n1. The Morgan fingerprint density at radius 1 is 1.17 bits per heavy atom. The second-order valence-electron chi connectivity index (χ2n) is 5.28. The van der Waals surface area contributed by atoms with Crippen LogP contribution in [-0.2, 0) is 5.41 Å². The molecule has 0 spiro atoms. The third-order valence-corrected chi connectivity index (χ3v) is 3.98. The van der Waals surface area contributed by atoms with E-state index in [0.29, 0.717) is 5.15 Å². The molecule has 0 bridgehead atoms. The second-order valence-corrected chi connectivity index (χ2v) is 5.67. The van der Waals surface area contributed by atoms with E-state index in [2.05, 4.69) is 30.7 Å². The first-order chi connectivity index (χ1) is 8.62. The molecule has 0 N–H and O–H groups in total. The molecule has 0 aliphatic carbocycles. The maximum absolute atomic E-state index is 5.96. The van der Waals surface area contributed by atoms with Crippen molar-refractivity contribution in [3.63, 3.8) is 0 Å². The van der Waals surface area contributed by atoms with Crippen LogP contribution >= 0.6 is 11.6 Å². The van der Waals surface area contributed by atoms with E-state index in [4.69, 9.17) is 11.6 Å². The minimum Gasteiger partial charge on any atom is -0.241 e. The van der Waals surface area contributed by atoms with E-state index in [1.165, 1.54) is 32.1 Å². The van der Waals surface area contributed by atoms with Crippen molar-refractivity contribution < 1.29 is 0 Å². The third kappa shape index (κ3) is 4.56. The second kappa shape index (κ2) is 7.73. The summed E-state index contributed by atoms with van der Waals surface area (Å²) in [6.07, 6.45) is 10.5. The van der Waals surface area contributed by atoms with Crippen LogP contribution < -0.4 is 0 Å². The number of unbranched alkanes of at least 4 members (excludes halogenated alkanes) is 4. The average molecular weight is 269 g/mol. The lowest BCUT2D eigenvalue weighted by atomic mass is 9.81. The number of hydrogen-bond acceptors (Lipinski definition) is 2. The molecule has 1 aromatic rings. The predicted molar refractivity (Wildman–Crippen MR) is 78.1 cm³/mol. The summed E-state index contributed by atoms with van der Waals surface area (Å²) in [6.45, 7) is 6.70. The first-order valence-electron chi connectivity index (χ1n) is 7.11. The van der Waals surface area contributed by atoms with E-state index in [-0.39, 0.29) is 5.41 Å². The highest BCUT2D eigenvalue weighted by molar-refractivity contribution is 6.29. The molecule has 0 amide bonds. The molecule has 1 atom stereocenters. The van der Waals surface area contributed by atoms with Gasteiger partial charge < -0.3 is 0 Å². The molecule has 0 aliphatic heterocycles. The molecule has 0 saturated heterocycles. The quantitative estimate of drug-likeness (QED) is 0.481. The zero-order valence-corrected chi connectivity index (χ0v) is 12.6. The first-order valence-corrected chi connectivity index (χ1v) is 7.49. The molecule has 18 heavy (non-hydrogen) atoms. The first kappa shape index (κ1) is 15.4. The van der Waals surface area contributed by atoms with Gasteiger partial charge in [-0.2, -0.15) is 0 Å². The van der Waals surface area contributed by atoms with Crippen molar-refractivity contribution in [2.45, 2.75) is 71.1 Å². The summed E-state index contributed by atoms with van der Waals surface area (Å²) >= 11 is 5.96. The molecule has 102 valence electrons. The molecule has 1 unspecified atom stereocenters. The standard InChI is InChI=1S/C15H25ClN2/c1-4-6-7-8-9-11-15(3,5-2)14-17-12-10-13(16)18-14/h10,12H,4-9,11H2,1-3H3. The molecule has 1 heterocycles. The molecule has 0 fully saturated rings. The van der Waals surface area contributed by atoms with Gasteiger partial charge >= 0.3 is 0 Å². The van der Waals surface area contributed by atoms with Crippen LogP contribution in [0.25, 0.3) is 0 Å². The van der Waals surface area contributed by atoms with Gasteiger partial charge in [-0.25, -0.2) is 9.97 Å². The molecule has 0 radical (unpaired) electrons. The van der Waals surface area contributed by atoms with E-state index in [1.54, 1.807) is 12.3 Å². The summed E-state index contributed by atoms with van der Waals surface area (Å²) in [4.78, 5) is 8.79. The number of nitrogens with zero attached hydrogens (tertiary/aromatic N) is 2. The Balaban J connectivity index is 2.56. The monoisotopic (exact) mass is 268 g/mol. The Labute approximate surface area is 116 Å².